The molecule has 0 aromatic heterocycles. The Labute approximate surface area is 352 Å². The minimum absolute atomic E-state index is 0.0208. The lowest BCUT2D eigenvalue weighted by molar-refractivity contribution is -0.154. The molecule has 0 bridgehead atoms. The molecule has 58 heavy (non-hydrogen) atoms. The molecular weight excluding hydrogens is 753 g/mol. The number of aliphatic carboxylic acids is 1. The maximum Gasteiger partial charge on any atom is 0.472 e. The molecular formula is C47H80NO9P. The highest BCUT2D eigenvalue weighted by molar-refractivity contribution is 7.47. The van der Waals surface area contributed by atoms with Gasteiger partial charge >= 0.3 is 19.8 Å². The Hall–Kier alpha value is -2.85. The topological polar surface area (TPSA) is 155 Å². The molecule has 0 radical (unpaired) electrons. The number of unbranched alkanes of at least 4 members (excludes halogenated alkanes) is 13. The molecule has 3 atom stereocenters. The standard InChI is InChI=1S/C47H80NO9P/c1-3-5-7-9-11-13-15-17-19-21-23-25-27-29-31-33-35-37-39-46(49)57-44(42-55-58(52,53)56-43-45(48)47(50)51)41-54-40-38-36-34-32-30-28-26-24-22-20-18-16-14-12-10-8-6-4-2/h6,8,12-15,18-21,24,26,30,32,44-45H,3-5,7,9-11,16-17,22-23,25,27-29,31,33-43,48H2,1-2H3,(H,50,51)(H,52,53)/b8-6-,14-12-,15-13-,20-18-,21-19-,26-24-,32-30-. The normalized spacial score (nSPS) is 14.7. The van der Waals surface area contributed by atoms with Crippen LogP contribution in [-0.2, 0) is 32.7 Å². The molecule has 0 saturated heterocycles. The van der Waals surface area contributed by atoms with Gasteiger partial charge in [0.25, 0.3) is 0 Å². The van der Waals surface area contributed by atoms with Gasteiger partial charge in [-0.15, -0.1) is 0 Å². The van der Waals surface area contributed by atoms with Crippen LogP contribution in [-0.4, -0.2) is 60.5 Å². The number of rotatable bonds is 41. The van der Waals surface area contributed by atoms with Crippen molar-refractivity contribution < 1.29 is 42.7 Å². The molecule has 4 N–H and O–H groups in total. The van der Waals surface area contributed by atoms with Gasteiger partial charge in [-0.25, -0.2) is 4.57 Å². The van der Waals surface area contributed by atoms with E-state index in [0.717, 1.165) is 83.5 Å². The summed E-state index contributed by atoms with van der Waals surface area (Å²) in [4.78, 5) is 33.6. The second-order valence-electron chi connectivity index (χ2n) is 14.4. The number of hydrogen-bond acceptors (Lipinski definition) is 8. The summed E-state index contributed by atoms with van der Waals surface area (Å²) < 4.78 is 33.3. The summed E-state index contributed by atoms with van der Waals surface area (Å²) in [5.74, 6) is -1.81. The number of phosphoric acid groups is 1. The van der Waals surface area contributed by atoms with E-state index in [0.29, 0.717) is 13.0 Å². The molecule has 0 heterocycles. The van der Waals surface area contributed by atoms with Gasteiger partial charge < -0.3 is 25.2 Å². The quantitative estimate of drug-likeness (QED) is 0.0235. The monoisotopic (exact) mass is 834 g/mol. The van der Waals surface area contributed by atoms with Gasteiger partial charge in [0, 0.05) is 13.0 Å². The van der Waals surface area contributed by atoms with Crippen LogP contribution in [0.25, 0.3) is 0 Å². The molecule has 332 valence electrons. The third-order valence-electron chi connectivity index (χ3n) is 8.91. The Morgan fingerprint density at radius 3 is 1.50 bits per heavy atom. The summed E-state index contributed by atoms with van der Waals surface area (Å²) in [6.07, 6.45) is 53.5. The first-order valence-electron chi connectivity index (χ1n) is 22.1. The van der Waals surface area contributed by atoms with E-state index in [-0.39, 0.29) is 13.0 Å². The highest BCUT2D eigenvalue weighted by Gasteiger charge is 2.27. The molecule has 0 rings (SSSR count). The largest absolute Gasteiger partial charge is 0.480 e. The number of hydrogen-bond donors (Lipinski definition) is 3. The smallest absolute Gasteiger partial charge is 0.472 e. The number of carboxylic acid groups (broad SMARTS) is 1. The van der Waals surface area contributed by atoms with Gasteiger partial charge in [-0.05, 0) is 89.9 Å². The molecule has 0 saturated carbocycles. The fourth-order valence-electron chi connectivity index (χ4n) is 5.48. The SMILES string of the molecule is CC/C=C\C/C=C\C/C=C\C/C=C\C/C=C\CCCCOCC(COP(=O)(O)OCC(N)C(=O)O)OC(=O)CCCCCCCCC/C=C\C/C=C\CCCCCC. The van der Waals surface area contributed by atoms with Crippen molar-refractivity contribution in [3.8, 4) is 0 Å². The summed E-state index contributed by atoms with van der Waals surface area (Å²) in [6.45, 7) is 3.61. The van der Waals surface area contributed by atoms with E-state index in [1.165, 1.54) is 51.4 Å². The molecule has 0 spiro atoms. The van der Waals surface area contributed by atoms with E-state index in [4.69, 9.17) is 29.4 Å². The van der Waals surface area contributed by atoms with E-state index in [1.807, 2.05) is 0 Å². The third-order valence-corrected chi connectivity index (χ3v) is 9.86. The Kier molecular flexibility index (Phi) is 40.2. The third kappa shape index (κ3) is 41.3. The lowest BCUT2D eigenvalue weighted by Gasteiger charge is -2.20. The zero-order valence-electron chi connectivity index (χ0n) is 36.1. The van der Waals surface area contributed by atoms with Crippen molar-refractivity contribution in [2.75, 3.05) is 26.4 Å². The number of nitrogens with two attached hydrogens (primary N) is 1. The van der Waals surface area contributed by atoms with E-state index in [1.54, 1.807) is 0 Å². The maximum atomic E-state index is 12.6. The van der Waals surface area contributed by atoms with Gasteiger partial charge in [-0.3, -0.25) is 18.6 Å². The number of carbonyl (C=O) groups excluding carboxylic acids is 1. The zero-order chi connectivity index (χ0) is 42.6. The van der Waals surface area contributed by atoms with Crippen LogP contribution in [0.1, 0.15) is 162 Å². The number of phosphoric ester groups is 1. The Morgan fingerprint density at radius 1 is 0.569 bits per heavy atom. The van der Waals surface area contributed by atoms with Crippen molar-refractivity contribution >= 4 is 19.8 Å². The van der Waals surface area contributed by atoms with E-state index in [2.05, 4.69) is 98.9 Å². The zero-order valence-corrected chi connectivity index (χ0v) is 37.0. The van der Waals surface area contributed by atoms with Crippen LogP contribution in [0.5, 0.6) is 0 Å². The number of ether oxygens (including phenoxy) is 2. The summed E-state index contributed by atoms with van der Waals surface area (Å²) in [6, 6.07) is -1.49. The van der Waals surface area contributed by atoms with Crippen molar-refractivity contribution in [3.05, 3.63) is 85.1 Å². The van der Waals surface area contributed by atoms with Crippen molar-refractivity contribution in [2.24, 2.45) is 5.73 Å². The van der Waals surface area contributed by atoms with Crippen LogP contribution in [0.4, 0.5) is 0 Å². The van der Waals surface area contributed by atoms with Crippen LogP contribution < -0.4 is 5.73 Å². The lowest BCUT2D eigenvalue weighted by atomic mass is 10.1. The first-order valence-corrected chi connectivity index (χ1v) is 23.6. The molecule has 0 aromatic carbocycles. The van der Waals surface area contributed by atoms with Gasteiger partial charge in [0.05, 0.1) is 19.8 Å². The Bertz CT molecular complexity index is 1240. The lowest BCUT2D eigenvalue weighted by Crippen LogP contribution is -2.34. The molecule has 11 heteroatoms. The first-order chi connectivity index (χ1) is 28.2. The molecule has 3 unspecified atom stereocenters. The average molecular weight is 834 g/mol. The Morgan fingerprint density at radius 2 is 1.00 bits per heavy atom. The van der Waals surface area contributed by atoms with Crippen LogP contribution in [0, 0.1) is 0 Å². The fraction of sp³-hybridized carbons (Fsp3) is 0.660. The summed E-state index contributed by atoms with van der Waals surface area (Å²) >= 11 is 0. The molecule has 0 aromatic rings. The predicted molar refractivity (Wildman–Crippen MR) is 240 cm³/mol. The molecule has 0 aliphatic heterocycles. The van der Waals surface area contributed by atoms with Crippen LogP contribution in [0.2, 0.25) is 0 Å². The first kappa shape index (κ1) is 55.2. The van der Waals surface area contributed by atoms with Crippen LogP contribution >= 0.6 is 7.82 Å². The van der Waals surface area contributed by atoms with Crippen LogP contribution in [0.3, 0.4) is 0 Å². The second kappa shape index (κ2) is 42.3. The number of allylic oxidation sites excluding steroid dienone is 14. The van der Waals surface area contributed by atoms with E-state index < -0.39 is 45.1 Å². The minimum atomic E-state index is -4.64. The van der Waals surface area contributed by atoms with Gasteiger partial charge in [0.1, 0.15) is 12.1 Å². The molecule has 10 nitrogen and oxygen atoms in total. The van der Waals surface area contributed by atoms with Crippen molar-refractivity contribution in [1.82, 2.24) is 0 Å². The minimum Gasteiger partial charge on any atom is -0.480 e. The Balaban J connectivity index is 4.35. The van der Waals surface area contributed by atoms with Gasteiger partial charge in [-0.2, -0.15) is 0 Å². The fourth-order valence-corrected chi connectivity index (χ4v) is 6.26. The highest BCUT2D eigenvalue weighted by atomic mass is 31.2. The van der Waals surface area contributed by atoms with Crippen LogP contribution in [0.15, 0.2) is 85.1 Å². The van der Waals surface area contributed by atoms with Crippen molar-refractivity contribution in [2.45, 2.75) is 174 Å². The number of carboxylic acids is 1. The maximum absolute atomic E-state index is 12.6. The van der Waals surface area contributed by atoms with Crippen molar-refractivity contribution in [1.29, 1.82) is 0 Å². The molecule has 0 fully saturated rings. The summed E-state index contributed by atoms with van der Waals surface area (Å²) in [7, 11) is -4.64. The highest BCUT2D eigenvalue weighted by Crippen LogP contribution is 2.43. The number of esters is 1. The predicted octanol–water partition coefficient (Wildman–Crippen LogP) is 12.4. The number of carbonyl (C=O) groups is 2. The summed E-state index contributed by atoms with van der Waals surface area (Å²) in [5.41, 5.74) is 5.35. The van der Waals surface area contributed by atoms with E-state index in [9.17, 15) is 19.0 Å². The van der Waals surface area contributed by atoms with Crippen molar-refractivity contribution in [3.63, 3.8) is 0 Å². The molecule has 0 aliphatic carbocycles. The summed E-state index contributed by atoms with van der Waals surface area (Å²) in [5, 5.41) is 8.90. The average Bonchev–Trinajstić information content (AvgIpc) is 3.20. The molecule has 0 aliphatic rings. The second-order valence-corrected chi connectivity index (χ2v) is 15.9. The van der Waals surface area contributed by atoms with E-state index >= 15 is 0 Å². The van der Waals surface area contributed by atoms with Gasteiger partial charge in [0.2, 0.25) is 0 Å². The van der Waals surface area contributed by atoms with Gasteiger partial charge in [-0.1, -0.05) is 150 Å². The molecule has 0 amide bonds. The van der Waals surface area contributed by atoms with Gasteiger partial charge in [0.15, 0.2) is 0 Å².